The molecule has 4 rings (SSSR count). The van der Waals surface area contributed by atoms with Crippen LogP contribution in [0.15, 0.2) is 24.3 Å². The number of carbonyl (C=O) groups is 1. The molecule has 1 saturated carbocycles. The Labute approximate surface area is 156 Å². The van der Waals surface area contributed by atoms with Crippen LogP contribution in [0.2, 0.25) is 0 Å². The molecule has 0 spiro atoms. The van der Waals surface area contributed by atoms with Crippen LogP contribution in [-0.4, -0.2) is 17.2 Å². The maximum atomic E-state index is 12.2. The average molecular weight is 354 g/mol. The monoisotopic (exact) mass is 354 g/mol. The van der Waals surface area contributed by atoms with E-state index < -0.39 is 0 Å². The number of allylic oxidation sites excluding steroid dienone is 2. The average Bonchev–Trinajstić information content (AvgIpc) is 2.96. The first-order chi connectivity index (χ1) is 12.5. The van der Waals surface area contributed by atoms with E-state index in [1.807, 2.05) is 12.1 Å². The fourth-order valence-corrected chi connectivity index (χ4v) is 5.65. The minimum absolute atomic E-state index is 0.0158. The summed E-state index contributed by atoms with van der Waals surface area (Å²) >= 11 is 0. The highest BCUT2D eigenvalue weighted by atomic mass is 16.5. The second-order valence-corrected chi connectivity index (χ2v) is 8.62. The molecule has 0 aliphatic heterocycles. The number of benzene rings is 1. The lowest BCUT2D eigenvalue weighted by atomic mass is 9.60. The molecule has 0 radical (unpaired) electrons. The van der Waals surface area contributed by atoms with E-state index in [2.05, 4.69) is 26.0 Å². The van der Waals surface area contributed by atoms with Gasteiger partial charge in [0.1, 0.15) is 11.9 Å². The highest BCUT2D eigenvalue weighted by Crippen LogP contribution is 2.59. The molecular weight excluding hydrogens is 324 g/mol. The zero-order valence-corrected chi connectivity index (χ0v) is 16.0. The molecule has 26 heavy (non-hydrogen) atoms. The Balaban J connectivity index is 1.57. The molecule has 140 valence electrons. The lowest BCUT2D eigenvalue weighted by Crippen LogP contribution is -2.41. The van der Waals surface area contributed by atoms with Gasteiger partial charge < -0.3 is 9.84 Å². The molecule has 0 aromatic heterocycles. The predicted molar refractivity (Wildman–Crippen MR) is 103 cm³/mol. The summed E-state index contributed by atoms with van der Waals surface area (Å²) in [5, 5.41) is 9.79. The molecule has 1 aromatic rings. The second kappa shape index (κ2) is 6.75. The van der Waals surface area contributed by atoms with E-state index in [4.69, 9.17) is 4.74 Å². The van der Waals surface area contributed by atoms with Crippen molar-refractivity contribution >= 4 is 11.5 Å². The highest BCUT2D eigenvalue weighted by molar-refractivity contribution is 5.74. The maximum Gasteiger partial charge on any atom is 0.306 e. The van der Waals surface area contributed by atoms with Crippen LogP contribution >= 0.6 is 0 Å². The molecule has 3 heteroatoms. The first kappa shape index (κ1) is 17.6. The number of unbranched alkanes of at least 4 members (excludes halogenated alkanes) is 1. The molecule has 1 aromatic carbocycles. The van der Waals surface area contributed by atoms with E-state index in [1.165, 1.54) is 16.7 Å². The molecule has 3 aliphatic rings. The van der Waals surface area contributed by atoms with Crippen LogP contribution in [0.5, 0.6) is 5.75 Å². The van der Waals surface area contributed by atoms with Crippen LogP contribution in [0.4, 0.5) is 0 Å². The Kier molecular flexibility index (Phi) is 4.58. The smallest absolute Gasteiger partial charge is 0.306 e. The topological polar surface area (TPSA) is 46.5 Å². The molecule has 1 fully saturated rings. The third-order valence-electron chi connectivity index (χ3n) is 7.10. The van der Waals surface area contributed by atoms with Gasteiger partial charge in [0.15, 0.2) is 0 Å². The SMILES string of the molecule is CCCCC(=O)O[C@@H]1CC[C@@H]2[C@H]3CCc4cc(O)ccc4C3=CC[C@]21C. The molecule has 3 nitrogen and oxygen atoms in total. The Bertz CT molecular complexity index is 735. The fraction of sp³-hybridized carbons (Fsp3) is 0.609. The fourth-order valence-electron chi connectivity index (χ4n) is 5.65. The third kappa shape index (κ3) is 2.86. The van der Waals surface area contributed by atoms with Gasteiger partial charge in [-0.3, -0.25) is 4.79 Å². The molecule has 4 atom stereocenters. The summed E-state index contributed by atoms with van der Waals surface area (Å²) in [6.45, 7) is 4.44. The van der Waals surface area contributed by atoms with Crippen molar-refractivity contribution in [3.8, 4) is 5.75 Å². The quantitative estimate of drug-likeness (QED) is 0.750. The zero-order chi connectivity index (χ0) is 18.3. The first-order valence-electron chi connectivity index (χ1n) is 10.2. The lowest BCUT2D eigenvalue weighted by Gasteiger charge is -2.46. The highest BCUT2D eigenvalue weighted by Gasteiger charge is 2.53. The van der Waals surface area contributed by atoms with Crippen LogP contribution in [0.3, 0.4) is 0 Å². The Hall–Kier alpha value is -1.77. The Morgan fingerprint density at radius 3 is 2.96 bits per heavy atom. The van der Waals surface area contributed by atoms with E-state index in [1.54, 1.807) is 0 Å². The standard InChI is InChI=1S/C23H30O3/c1-3-4-5-22(25)26-21-11-10-20-19-8-6-15-14-16(24)7-9-17(15)18(19)12-13-23(20,21)2/h7,9,12,14,19-21,24H,3-6,8,10-11,13H2,1-2H3/t19-,20+,21+,23+/m0/s1. The Morgan fingerprint density at radius 2 is 2.15 bits per heavy atom. The summed E-state index contributed by atoms with van der Waals surface area (Å²) in [7, 11) is 0. The van der Waals surface area contributed by atoms with Gasteiger partial charge in [-0.1, -0.05) is 32.4 Å². The van der Waals surface area contributed by atoms with Crippen molar-refractivity contribution in [2.24, 2.45) is 17.3 Å². The summed E-state index contributed by atoms with van der Waals surface area (Å²) in [4.78, 5) is 12.2. The van der Waals surface area contributed by atoms with Crippen LogP contribution in [0.1, 0.15) is 69.9 Å². The van der Waals surface area contributed by atoms with Crippen molar-refractivity contribution in [3.05, 3.63) is 35.4 Å². The minimum atomic E-state index is -0.0158. The maximum absolute atomic E-state index is 12.2. The molecule has 0 heterocycles. The zero-order valence-electron chi connectivity index (χ0n) is 16.0. The van der Waals surface area contributed by atoms with Crippen LogP contribution in [-0.2, 0) is 16.0 Å². The van der Waals surface area contributed by atoms with E-state index in [0.717, 1.165) is 44.9 Å². The van der Waals surface area contributed by atoms with Crippen molar-refractivity contribution in [1.29, 1.82) is 0 Å². The van der Waals surface area contributed by atoms with Gasteiger partial charge in [-0.15, -0.1) is 0 Å². The summed E-state index contributed by atoms with van der Waals surface area (Å²) < 4.78 is 5.95. The number of aromatic hydroxyl groups is 1. The van der Waals surface area contributed by atoms with E-state index >= 15 is 0 Å². The van der Waals surface area contributed by atoms with Gasteiger partial charge >= 0.3 is 5.97 Å². The van der Waals surface area contributed by atoms with Crippen molar-refractivity contribution in [1.82, 2.24) is 0 Å². The molecule has 0 saturated heterocycles. The van der Waals surface area contributed by atoms with E-state index in [0.29, 0.717) is 24.0 Å². The van der Waals surface area contributed by atoms with Crippen LogP contribution in [0.25, 0.3) is 5.57 Å². The number of hydrogen-bond donors (Lipinski definition) is 1. The van der Waals surface area contributed by atoms with Crippen LogP contribution < -0.4 is 0 Å². The second-order valence-electron chi connectivity index (χ2n) is 8.62. The number of hydrogen-bond acceptors (Lipinski definition) is 3. The van der Waals surface area contributed by atoms with Crippen LogP contribution in [0, 0.1) is 17.3 Å². The number of esters is 1. The van der Waals surface area contributed by atoms with Gasteiger partial charge in [0.05, 0.1) is 0 Å². The summed E-state index contributed by atoms with van der Waals surface area (Å²) in [5.41, 5.74) is 4.14. The number of rotatable bonds is 4. The largest absolute Gasteiger partial charge is 0.508 e. The predicted octanol–water partition coefficient (Wildman–Crippen LogP) is 5.26. The van der Waals surface area contributed by atoms with E-state index in [-0.39, 0.29) is 17.5 Å². The van der Waals surface area contributed by atoms with Gasteiger partial charge in [-0.25, -0.2) is 0 Å². The minimum Gasteiger partial charge on any atom is -0.508 e. The molecule has 3 aliphatic carbocycles. The molecular formula is C23H30O3. The lowest BCUT2D eigenvalue weighted by molar-refractivity contribution is -0.155. The van der Waals surface area contributed by atoms with Gasteiger partial charge in [0.2, 0.25) is 0 Å². The Morgan fingerprint density at radius 1 is 1.31 bits per heavy atom. The van der Waals surface area contributed by atoms with Gasteiger partial charge in [-0.2, -0.15) is 0 Å². The van der Waals surface area contributed by atoms with Crippen molar-refractivity contribution < 1.29 is 14.6 Å². The number of phenols is 1. The third-order valence-corrected chi connectivity index (χ3v) is 7.10. The van der Waals surface area contributed by atoms with E-state index in [9.17, 15) is 9.90 Å². The molecule has 0 unspecified atom stereocenters. The molecule has 0 bridgehead atoms. The van der Waals surface area contributed by atoms with Crippen molar-refractivity contribution in [2.45, 2.75) is 71.3 Å². The number of aryl methyl sites for hydroxylation is 1. The summed E-state index contributed by atoms with van der Waals surface area (Å²) in [6.07, 6.45) is 10.3. The number of fused-ring (bicyclic) bond motifs is 5. The molecule has 0 amide bonds. The van der Waals surface area contributed by atoms with Gasteiger partial charge in [-0.05, 0) is 79.2 Å². The summed E-state index contributed by atoms with van der Waals surface area (Å²) in [6, 6.07) is 5.82. The number of carbonyl (C=O) groups excluding carboxylic acids is 1. The first-order valence-corrected chi connectivity index (χ1v) is 10.2. The summed E-state index contributed by atoms with van der Waals surface area (Å²) in [5.74, 6) is 1.50. The normalized spacial score (nSPS) is 32.2. The van der Waals surface area contributed by atoms with Gasteiger partial charge in [0, 0.05) is 11.8 Å². The van der Waals surface area contributed by atoms with Crippen molar-refractivity contribution in [2.75, 3.05) is 0 Å². The number of ether oxygens (including phenoxy) is 1. The molecule has 1 N–H and O–H groups in total. The van der Waals surface area contributed by atoms with Crippen molar-refractivity contribution in [3.63, 3.8) is 0 Å². The number of phenolic OH excluding ortho intramolecular Hbond substituents is 1. The van der Waals surface area contributed by atoms with Gasteiger partial charge in [0.25, 0.3) is 0 Å².